The third-order valence-electron chi connectivity index (χ3n) is 0.133. The van der Waals surface area contributed by atoms with Crippen molar-refractivity contribution in [1.82, 2.24) is 0 Å². The Hall–Kier alpha value is 1.42. The van der Waals surface area contributed by atoms with Gasteiger partial charge in [-0.2, -0.15) is 0 Å². The monoisotopic (exact) mass is 268 g/mol. The molecule has 0 radical (unpaired) electrons. The summed E-state index contributed by atoms with van der Waals surface area (Å²) in [4.78, 5) is 20.6. The van der Waals surface area contributed by atoms with Crippen molar-refractivity contribution in [2.45, 2.75) is 0 Å². The van der Waals surface area contributed by atoms with Gasteiger partial charge >= 0.3 is 102 Å². The first kappa shape index (κ1) is 16.8. The Labute approximate surface area is 129 Å². The predicted molar refractivity (Wildman–Crippen MR) is 24.2 cm³/mol. The first-order valence-electron chi connectivity index (χ1n) is 1.10. The van der Waals surface area contributed by atoms with Crippen molar-refractivity contribution < 1.29 is 88.3 Å². The third kappa shape index (κ3) is 17.7. The number of rotatable bonds is 2. The molecule has 0 aliphatic heterocycles. The molecular formula is H3CsMgN2O5. The van der Waals surface area contributed by atoms with Gasteiger partial charge in [0, 0.05) is 4.94 Å². The van der Waals surface area contributed by atoms with Gasteiger partial charge in [0.05, 0.1) is 0 Å². The van der Waals surface area contributed by atoms with Gasteiger partial charge in [0.15, 0.2) is 0 Å². The Kier molecular flexibility index (Phi) is 17.6. The predicted octanol–water partition coefficient (Wildman–Crippen LogP) is -3.65. The summed E-state index contributed by atoms with van der Waals surface area (Å²) in [6.45, 7) is 0. The third-order valence-corrected chi connectivity index (χ3v) is 0.133. The van der Waals surface area contributed by atoms with Crippen LogP contribution in [-0.2, 0) is 4.94 Å². The van der Waals surface area contributed by atoms with Gasteiger partial charge < -0.3 is 4.28 Å². The molecular weight excluding hydrogens is 265 g/mol. The summed E-state index contributed by atoms with van der Waals surface area (Å²) >= 11 is 0. The minimum atomic E-state index is -1.50. The maximum atomic E-state index is 8.95. The fraction of sp³-hybridized carbons (Fsp3) is 0. The molecule has 0 bridgehead atoms. The van der Waals surface area contributed by atoms with E-state index in [0.29, 0.717) is 0 Å². The van der Waals surface area contributed by atoms with Crippen LogP contribution < -0.4 is 68.9 Å². The fourth-order valence-electron chi connectivity index (χ4n) is 0.0544. The standard InChI is InChI=1S/Cs.Mg.N2O5.3H/c;;3-1(4)7-2(5)6;;;/q+1;+2;;3*-1. The zero-order chi connectivity index (χ0) is 5.86. The molecule has 0 N–H and O–H groups in total. The smallest absolute Gasteiger partial charge is 1.00 e. The van der Waals surface area contributed by atoms with Crippen LogP contribution in [0.4, 0.5) is 0 Å². The van der Waals surface area contributed by atoms with Gasteiger partial charge in [-0.1, -0.05) is 0 Å². The maximum Gasteiger partial charge on any atom is 2.00 e. The first-order valence-corrected chi connectivity index (χ1v) is 1.10. The van der Waals surface area contributed by atoms with Crippen LogP contribution in [0.5, 0.6) is 0 Å². The second-order valence-corrected chi connectivity index (χ2v) is 0.529. The van der Waals surface area contributed by atoms with Gasteiger partial charge in [-0.15, -0.1) is 20.2 Å². The molecule has 0 aromatic heterocycles. The molecule has 0 atom stereocenters. The fourth-order valence-corrected chi connectivity index (χ4v) is 0.0544. The molecule has 0 aromatic rings. The van der Waals surface area contributed by atoms with E-state index in [1.54, 1.807) is 0 Å². The van der Waals surface area contributed by atoms with E-state index in [1.807, 2.05) is 0 Å². The van der Waals surface area contributed by atoms with Crippen LogP contribution in [0.3, 0.4) is 0 Å². The van der Waals surface area contributed by atoms with Crippen LogP contribution in [0.15, 0.2) is 0 Å². The molecule has 0 amide bonds. The van der Waals surface area contributed by atoms with E-state index < -0.39 is 10.2 Å². The van der Waals surface area contributed by atoms with E-state index in [9.17, 15) is 0 Å². The number of nitrogens with zero attached hydrogens (tertiary/aromatic N) is 2. The zero-order valence-corrected chi connectivity index (χ0v) is 12.3. The molecule has 0 aliphatic carbocycles. The molecule has 0 aliphatic rings. The van der Waals surface area contributed by atoms with Crippen LogP contribution in [0.2, 0.25) is 0 Å². The molecule has 46 valence electrons. The van der Waals surface area contributed by atoms with Crippen LogP contribution >= 0.6 is 0 Å². The van der Waals surface area contributed by atoms with Gasteiger partial charge in [0.25, 0.3) is 0 Å². The molecule has 9 heavy (non-hydrogen) atoms. The van der Waals surface area contributed by atoms with Crippen molar-refractivity contribution in [2.24, 2.45) is 0 Å². The van der Waals surface area contributed by atoms with E-state index in [1.165, 1.54) is 0 Å². The SMILES string of the molecule is O=[N+]([O-])O[N+](=O)[O-].[Cs+].[H-].[H-].[H-].[Mg+2]. The average Bonchev–Trinajstić information content (AvgIpc) is 1.27. The minimum absolute atomic E-state index is 0. The van der Waals surface area contributed by atoms with Crippen molar-refractivity contribution >= 4 is 23.1 Å². The second kappa shape index (κ2) is 9.42. The zero-order valence-electron chi connectivity index (χ0n) is 7.64. The topological polar surface area (TPSA) is 95.5 Å². The largest absolute Gasteiger partial charge is 2.00 e. The molecule has 0 unspecified atom stereocenters. The van der Waals surface area contributed by atoms with Crippen LogP contribution in [0.1, 0.15) is 4.28 Å². The van der Waals surface area contributed by atoms with Gasteiger partial charge in [-0.25, -0.2) is 0 Å². The van der Waals surface area contributed by atoms with E-state index in [-0.39, 0.29) is 96.2 Å². The molecule has 0 spiro atoms. The van der Waals surface area contributed by atoms with E-state index in [4.69, 9.17) is 20.2 Å². The maximum absolute atomic E-state index is 8.95. The summed E-state index contributed by atoms with van der Waals surface area (Å²) in [6.07, 6.45) is 0. The summed E-state index contributed by atoms with van der Waals surface area (Å²) in [7, 11) is 0. The Balaban J connectivity index is -0.0000000180. The average molecular weight is 268 g/mol. The van der Waals surface area contributed by atoms with Gasteiger partial charge in [-0.3, -0.25) is 0 Å². The van der Waals surface area contributed by atoms with Crippen molar-refractivity contribution in [3.8, 4) is 0 Å². The summed E-state index contributed by atoms with van der Waals surface area (Å²) in [5.41, 5.74) is 0. The molecule has 0 fully saturated rings. The van der Waals surface area contributed by atoms with Crippen molar-refractivity contribution in [2.75, 3.05) is 0 Å². The van der Waals surface area contributed by atoms with Crippen LogP contribution in [0.25, 0.3) is 0 Å². The molecule has 7 nitrogen and oxygen atoms in total. The first-order chi connectivity index (χ1) is 3.13. The van der Waals surface area contributed by atoms with Crippen LogP contribution in [0, 0.1) is 20.2 Å². The number of hydrogen-bond donors (Lipinski definition) is 0. The Morgan fingerprint density at radius 3 is 1.44 bits per heavy atom. The molecule has 0 aromatic carbocycles. The van der Waals surface area contributed by atoms with E-state index in [0.717, 1.165) is 0 Å². The Morgan fingerprint density at radius 2 is 1.44 bits per heavy atom. The van der Waals surface area contributed by atoms with Gasteiger partial charge in [0.1, 0.15) is 0 Å². The molecule has 0 saturated heterocycles. The second-order valence-electron chi connectivity index (χ2n) is 0.529. The normalized spacial score (nSPS) is 5.78. The number of hydrogen-bond acceptors (Lipinski definition) is 5. The Bertz CT molecular complexity index is 101. The van der Waals surface area contributed by atoms with Gasteiger partial charge in [-0.05, 0) is 0 Å². The Morgan fingerprint density at radius 1 is 1.22 bits per heavy atom. The molecule has 0 saturated carbocycles. The van der Waals surface area contributed by atoms with E-state index >= 15 is 0 Å². The minimum Gasteiger partial charge on any atom is -1.00 e. The van der Waals surface area contributed by atoms with E-state index in [2.05, 4.69) is 4.94 Å². The summed E-state index contributed by atoms with van der Waals surface area (Å²) in [5, 5.41) is 14.9. The van der Waals surface area contributed by atoms with Gasteiger partial charge in [0.2, 0.25) is 0 Å². The summed E-state index contributed by atoms with van der Waals surface area (Å²) in [6, 6.07) is 0. The van der Waals surface area contributed by atoms with Crippen molar-refractivity contribution in [1.29, 1.82) is 0 Å². The molecule has 9 heteroatoms. The van der Waals surface area contributed by atoms with Crippen molar-refractivity contribution in [3.63, 3.8) is 0 Å². The molecule has 0 rings (SSSR count). The summed E-state index contributed by atoms with van der Waals surface area (Å²) in [5.74, 6) is 0. The molecule has 0 heterocycles. The van der Waals surface area contributed by atoms with Crippen molar-refractivity contribution in [3.05, 3.63) is 20.2 Å². The summed E-state index contributed by atoms with van der Waals surface area (Å²) < 4.78 is 0. The van der Waals surface area contributed by atoms with Crippen LogP contribution in [-0.4, -0.2) is 33.2 Å². The quantitative estimate of drug-likeness (QED) is 0.292.